The quantitative estimate of drug-likeness (QED) is 0.909. The van der Waals surface area contributed by atoms with Crippen LogP contribution in [0.2, 0.25) is 5.02 Å². The maximum Gasteiger partial charge on any atom is 0.243 e. The van der Waals surface area contributed by atoms with Crippen molar-refractivity contribution in [2.24, 2.45) is 0 Å². The summed E-state index contributed by atoms with van der Waals surface area (Å²) >= 11 is 5.90. The fraction of sp³-hybridized carbons (Fsp3) is 0.300. The van der Waals surface area contributed by atoms with E-state index < -0.39 is 0 Å². The number of benzene rings is 1. The molecule has 0 spiro atoms. The molecule has 0 amide bonds. The van der Waals surface area contributed by atoms with E-state index in [0.29, 0.717) is 23.1 Å². The van der Waals surface area contributed by atoms with Crippen LogP contribution in [-0.4, -0.2) is 20.2 Å². The van der Waals surface area contributed by atoms with Crippen LogP contribution in [0.1, 0.15) is 12.5 Å². The van der Waals surface area contributed by atoms with Crippen LogP contribution in [0.15, 0.2) is 18.2 Å². The van der Waals surface area contributed by atoms with Crippen LogP contribution in [-0.2, 0) is 13.1 Å². The van der Waals surface area contributed by atoms with Crippen molar-refractivity contribution in [2.75, 3.05) is 5.32 Å². The Morgan fingerprint density at radius 3 is 3.00 bits per heavy atom. The number of nitrogens with one attached hydrogen (secondary N) is 1. The van der Waals surface area contributed by atoms with Gasteiger partial charge in [0.25, 0.3) is 0 Å². The maximum atomic E-state index is 13.5. The van der Waals surface area contributed by atoms with Crippen LogP contribution in [0, 0.1) is 5.82 Å². The van der Waals surface area contributed by atoms with Gasteiger partial charge in [-0.05, 0) is 29.5 Å². The zero-order valence-electron chi connectivity index (χ0n) is 9.19. The number of hydrogen-bond acceptors (Lipinski definition) is 4. The average Bonchev–Trinajstić information content (AvgIpc) is 2.76. The zero-order valence-corrected chi connectivity index (χ0v) is 9.95. The van der Waals surface area contributed by atoms with Crippen molar-refractivity contribution in [3.05, 3.63) is 34.6 Å². The van der Waals surface area contributed by atoms with E-state index >= 15 is 0 Å². The third kappa shape index (κ3) is 2.52. The summed E-state index contributed by atoms with van der Waals surface area (Å²) in [6.07, 6.45) is 0. The first-order valence-corrected chi connectivity index (χ1v) is 5.53. The van der Waals surface area contributed by atoms with E-state index in [1.54, 1.807) is 16.8 Å². The van der Waals surface area contributed by atoms with Gasteiger partial charge >= 0.3 is 0 Å². The van der Waals surface area contributed by atoms with E-state index in [1.807, 2.05) is 6.92 Å². The minimum atomic E-state index is -0.347. The van der Waals surface area contributed by atoms with E-state index in [0.717, 1.165) is 0 Å². The Hall–Kier alpha value is -1.69. The van der Waals surface area contributed by atoms with E-state index in [9.17, 15) is 4.39 Å². The van der Waals surface area contributed by atoms with Crippen LogP contribution in [0.3, 0.4) is 0 Å². The molecule has 0 fully saturated rings. The highest BCUT2D eigenvalue weighted by Crippen LogP contribution is 2.19. The summed E-state index contributed by atoms with van der Waals surface area (Å²) in [6.45, 7) is 2.80. The Labute approximate surface area is 103 Å². The molecule has 0 bridgehead atoms. The fourth-order valence-electron chi connectivity index (χ4n) is 1.41. The molecule has 0 aliphatic carbocycles. The second-order valence-electron chi connectivity index (χ2n) is 3.37. The summed E-state index contributed by atoms with van der Waals surface area (Å²) in [7, 11) is 0. The Morgan fingerprint density at radius 1 is 1.47 bits per heavy atom. The number of tetrazole rings is 1. The van der Waals surface area contributed by atoms with Crippen molar-refractivity contribution >= 4 is 17.5 Å². The molecule has 5 nitrogen and oxygen atoms in total. The third-order valence-electron chi connectivity index (χ3n) is 2.32. The van der Waals surface area contributed by atoms with Gasteiger partial charge in [0.1, 0.15) is 5.82 Å². The Kier molecular flexibility index (Phi) is 3.53. The highest BCUT2D eigenvalue weighted by molar-refractivity contribution is 6.31. The molecule has 1 heterocycles. The molecule has 0 saturated heterocycles. The number of rotatable bonds is 4. The van der Waals surface area contributed by atoms with Crippen molar-refractivity contribution in [3.63, 3.8) is 0 Å². The molecule has 0 atom stereocenters. The highest BCUT2D eigenvalue weighted by atomic mass is 35.5. The maximum absolute atomic E-state index is 13.5. The molecule has 0 aliphatic heterocycles. The second-order valence-corrected chi connectivity index (χ2v) is 3.78. The lowest BCUT2D eigenvalue weighted by atomic mass is 10.2. The van der Waals surface area contributed by atoms with Gasteiger partial charge < -0.3 is 5.32 Å². The number of aromatic nitrogens is 4. The summed E-state index contributed by atoms with van der Waals surface area (Å²) in [6, 6.07) is 4.58. The zero-order chi connectivity index (χ0) is 12.3. The standard InChI is InChI=1S/C10H11ClFN5/c1-2-17-10(14-15-16-17)13-6-7-8(11)4-3-5-9(7)12/h3-5H,2,6H2,1H3,(H,13,14,16). The average molecular weight is 256 g/mol. The summed E-state index contributed by atoms with van der Waals surface area (Å²) in [5.41, 5.74) is 0.403. The lowest BCUT2D eigenvalue weighted by Crippen LogP contribution is -2.09. The minimum absolute atomic E-state index is 0.242. The third-order valence-corrected chi connectivity index (χ3v) is 2.67. The summed E-state index contributed by atoms with van der Waals surface area (Å²) in [4.78, 5) is 0. The van der Waals surface area contributed by atoms with Gasteiger partial charge in [0.15, 0.2) is 0 Å². The molecule has 0 radical (unpaired) electrons. The molecule has 2 aromatic rings. The van der Waals surface area contributed by atoms with Gasteiger partial charge in [0.2, 0.25) is 5.95 Å². The lowest BCUT2D eigenvalue weighted by molar-refractivity contribution is 0.609. The molecule has 90 valence electrons. The molecule has 0 aliphatic rings. The summed E-state index contributed by atoms with van der Waals surface area (Å²) in [5.74, 6) is 0.146. The lowest BCUT2D eigenvalue weighted by Gasteiger charge is -2.07. The Balaban J connectivity index is 2.13. The van der Waals surface area contributed by atoms with Gasteiger partial charge in [-0.25, -0.2) is 9.07 Å². The normalized spacial score (nSPS) is 10.5. The van der Waals surface area contributed by atoms with Crippen LogP contribution >= 0.6 is 11.6 Å². The van der Waals surface area contributed by atoms with E-state index in [2.05, 4.69) is 20.8 Å². The number of hydrogen-bond donors (Lipinski definition) is 1. The van der Waals surface area contributed by atoms with Crippen LogP contribution < -0.4 is 5.32 Å². The highest BCUT2D eigenvalue weighted by Gasteiger charge is 2.09. The van der Waals surface area contributed by atoms with E-state index in [-0.39, 0.29) is 12.4 Å². The second kappa shape index (κ2) is 5.09. The van der Waals surface area contributed by atoms with Gasteiger partial charge in [-0.15, -0.1) is 0 Å². The Bertz CT molecular complexity index is 493. The Morgan fingerprint density at radius 2 is 2.29 bits per heavy atom. The van der Waals surface area contributed by atoms with Crippen molar-refractivity contribution < 1.29 is 4.39 Å². The molecule has 1 aromatic carbocycles. The molecule has 7 heteroatoms. The number of aryl methyl sites for hydroxylation is 1. The van der Waals surface area contributed by atoms with E-state index in [1.165, 1.54) is 6.07 Å². The molecule has 0 unspecified atom stereocenters. The first kappa shape index (κ1) is 11.8. The molecule has 1 aromatic heterocycles. The van der Waals surface area contributed by atoms with Crippen molar-refractivity contribution in [3.8, 4) is 0 Å². The summed E-state index contributed by atoms with van der Waals surface area (Å²) in [5, 5.41) is 14.4. The SMILES string of the molecule is CCn1nnnc1NCc1c(F)cccc1Cl. The fourth-order valence-corrected chi connectivity index (χ4v) is 1.64. The first-order chi connectivity index (χ1) is 8.22. The molecule has 1 N–H and O–H groups in total. The number of nitrogens with zero attached hydrogens (tertiary/aromatic N) is 4. The topological polar surface area (TPSA) is 55.6 Å². The number of anilines is 1. The van der Waals surface area contributed by atoms with Crippen LogP contribution in [0.5, 0.6) is 0 Å². The largest absolute Gasteiger partial charge is 0.349 e. The van der Waals surface area contributed by atoms with Crippen molar-refractivity contribution in [2.45, 2.75) is 20.0 Å². The monoisotopic (exact) mass is 255 g/mol. The van der Waals surface area contributed by atoms with E-state index in [4.69, 9.17) is 11.6 Å². The molecular weight excluding hydrogens is 245 g/mol. The molecule has 0 saturated carbocycles. The van der Waals surface area contributed by atoms with Crippen molar-refractivity contribution in [1.82, 2.24) is 20.2 Å². The van der Waals surface area contributed by atoms with Gasteiger partial charge in [-0.1, -0.05) is 22.8 Å². The summed E-state index contributed by atoms with van der Waals surface area (Å²) < 4.78 is 15.1. The smallest absolute Gasteiger partial charge is 0.243 e. The van der Waals surface area contributed by atoms with Gasteiger partial charge in [-0.3, -0.25) is 0 Å². The number of halogens is 2. The van der Waals surface area contributed by atoms with Gasteiger partial charge in [0, 0.05) is 23.7 Å². The van der Waals surface area contributed by atoms with Crippen LogP contribution in [0.4, 0.5) is 10.3 Å². The molecular formula is C10H11ClFN5. The molecule has 17 heavy (non-hydrogen) atoms. The molecule has 2 rings (SSSR count). The van der Waals surface area contributed by atoms with Crippen molar-refractivity contribution in [1.29, 1.82) is 0 Å². The first-order valence-electron chi connectivity index (χ1n) is 5.15. The van der Waals surface area contributed by atoms with Gasteiger partial charge in [0.05, 0.1) is 0 Å². The predicted octanol–water partition coefficient (Wildman–Crippen LogP) is 2.10. The predicted molar refractivity (Wildman–Crippen MR) is 62.2 cm³/mol. The van der Waals surface area contributed by atoms with Gasteiger partial charge in [-0.2, -0.15) is 0 Å². The minimum Gasteiger partial charge on any atom is -0.349 e. The van der Waals surface area contributed by atoms with Crippen LogP contribution in [0.25, 0.3) is 0 Å².